The van der Waals surface area contributed by atoms with Crippen LogP contribution in [0, 0.1) is 0 Å². The van der Waals surface area contributed by atoms with Crippen LogP contribution in [0.3, 0.4) is 0 Å². The molecule has 6 heteroatoms. The Morgan fingerprint density at radius 1 is 1.19 bits per heavy atom. The van der Waals surface area contributed by atoms with E-state index in [0.29, 0.717) is 15.6 Å². The van der Waals surface area contributed by atoms with E-state index in [4.69, 9.17) is 23.2 Å². The first-order valence-electron chi connectivity index (χ1n) is 6.17. The Hall–Kier alpha value is -1.91. The van der Waals surface area contributed by atoms with Gasteiger partial charge < -0.3 is 15.5 Å². The maximum Gasteiger partial charge on any atom is 0.255 e. The van der Waals surface area contributed by atoms with Gasteiger partial charge in [-0.05, 0) is 36.8 Å². The van der Waals surface area contributed by atoms with Gasteiger partial charge in [-0.15, -0.1) is 0 Å². The monoisotopic (exact) mass is 325 g/mol. The van der Waals surface area contributed by atoms with Gasteiger partial charge >= 0.3 is 0 Å². The van der Waals surface area contributed by atoms with Gasteiger partial charge in [-0.2, -0.15) is 0 Å². The molecule has 0 fully saturated rings. The Labute approximate surface area is 131 Å². The van der Waals surface area contributed by atoms with Crippen molar-refractivity contribution < 1.29 is 15.0 Å². The molecule has 0 aliphatic heterocycles. The van der Waals surface area contributed by atoms with Crippen LogP contribution in [0.15, 0.2) is 36.4 Å². The summed E-state index contributed by atoms with van der Waals surface area (Å²) < 4.78 is 0. The number of aromatic hydroxyl groups is 2. The van der Waals surface area contributed by atoms with Gasteiger partial charge in [0.25, 0.3) is 5.91 Å². The van der Waals surface area contributed by atoms with Crippen molar-refractivity contribution in [2.75, 3.05) is 0 Å². The third-order valence-electron chi connectivity index (χ3n) is 3.04. The molecule has 0 heterocycles. The van der Waals surface area contributed by atoms with E-state index in [9.17, 15) is 15.0 Å². The zero-order valence-corrected chi connectivity index (χ0v) is 12.6. The number of para-hydroxylation sites is 1. The fourth-order valence-electron chi connectivity index (χ4n) is 1.92. The summed E-state index contributed by atoms with van der Waals surface area (Å²) in [7, 11) is 0. The Balaban J connectivity index is 2.21. The predicted octanol–water partition coefficient (Wildman–Crippen LogP) is 3.90. The summed E-state index contributed by atoms with van der Waals surface area (Å²) in [6.07, 6.45) is 0. The highest BCUT2D eigenvalue weighted by molar-refractivity contribution is 6.35. The summed E-state index contributed by atoms with van der Waals surface area (Å²) in [6, 6.07) is 8.79. The quantitative estimate of drug-likeness (QED) is 0.749. The lowest BCUT2D eigenvalue weighted by Crippen LogP contribution is -2.26. The number of phenols is 2. The smallest absolute Gasteiger partial charge is 0.255 e. The van der Waals surface area contributed by atoms with Crippen molar-refractivity contribution in [3.8, 4) is 11.5 Å². The number of amides is 1. The largest absolute Gasteiger partial charge is 0.504 e. The number of carbonyl (C=O) groups excluding carboxylic acids is 1. The molecule has 3 N–H and O–H groups in total. The van der Waals surface area contributed by atoms with Crippen molar-refractivity contribution in [2.45, 2.75) is 13.0 Å². The van der Waals surface area contributed by atoms with Crippen molar-refractivity contribution in [2.24, 2.45) is 0 Å². The average Bonchev–Trinajstić information content (AvgIpc) is 2.41. The second kappa shape index (κ2) is 6.24. The van der Waals surface area contributed by atoms with Crippen LogP contribution < -0.4 is 5.32 Å². The molecule has 110 valence electrons. The molecule has 0 aliphatic rings. The third-order valence-corrected chi connectivity index (χ3v) is 3.60. The molecule has 2 aromatic carbocycles. The molecule has 0 aromatic heterocycles. The molecular formula is C15H13Cl2NO3. The van der Waals surface area contributed by atoms with Crippen LogP contribution in [0.25, 0.3) is 0 Å². The van der Waals surface area contributed by atoms with Crippen LogP contribution >= 0.6 is 23.2 Å². The molecule has 0 saturated carbocycles. The fourth-order valence-corrected chi connectivity index (χ4v) is 2.49. The van der Waals surface area contributed by atoms with Crippen molar-refractivity contribution in [3.05, 3.63) is 57.6 Å². The van der Waals surface area contributed by atoms with Gasteiger partial charge in [-0.3, -0.25) is 4.79 Å². The van der Waals surface area contributed by atoms with Crippen LogP contribution in [0.5, 0.6) is 11.5 Å². The van der Waals surface area contributed by atoms with Gasteiger partial charge in [-0.25, -0.2) is 0 Å². The van der Waals surface area contributed by atoms with Gasteiger partial charge in [0.2, 0.25) is 0 Å². The summed E-state index contributed by atoms with van der Waals surface area (Å²) in [5, 5.41) is 22.7. The van der Waals surface area contributed by atoms with Crippen LogP contribution in [-0.2, 0) is 0 Å². The molecule has 1 atom stereocenters. The number of hydrogen-bond donors (Lipinski definition) is 3. The van der Waals surface area contributed by atoms with E-state index in [1.54, 1.807) is 25.1 Å². The van der Waals surface area contributed by atoms with E-state index in [0.717, 1.165) is 0 Å². The lowest BCUT2D eigenvalue weighted by Gasteiger charge is -2.16. The van der Waals surface area contributed by atoms with Gasteiger partial charge in [0.05, 0.1) is 11.6 Å². The normalized spacial score (nSPS) is 12.0. The standard InChI is InChI=1S/C15H13Cl2NO3/c1-8(10-6-5-9(16)7-12(10)17)18-15(21)11-3-2-4-13(19)14(11)20/h2-8,19-20H,1H3,(H,18,21). The summed E-state index contributed by atoms with van der Waals surface area (Å²) in [5.41, 5.74) is 0.695. The van der Waals surface area contributed by atoms with Crippen LogP contribution in [0.2, 0.25) is 10.0 Å². The number of carbonyl (C=O) groups is 1. The SMILES string of the molecule is CC(NC(=O)c1cccc(O)c1O)c1ccc(Cl)cc1Cl. The van der Waals surface area contributed by atoms with Crippen LogP contribution in [0.4, 0.5) is 0 Å². The number of hydrogen-bond acceptors (Lipinski definition) is 3. The summed E-state index contributed by atoms with van der Waals surface area (Å²) >= 11 is 11.9. The van der Waals surface area contributed by atoms with E-state index < -0.39 is 11.7 Å². The highest BCUT2D eigenvalue weighted by Crippen LogP contribution is 2.30. The molecule has 0 saturated heterocycles. The highest BCUT2D eigenvalue weighted by atomic mass is 35.5. The van der Waals surface area contributed by atoms with Crippen LogP contribution in [-0.4, -0.2) is 16.1 Å². The first kappa shape index (κ1) is 15.5. The number of rotatable bonds is 3. The van der Waals surface area contributed by atoms with Gasteiger partial charge in [-0.1, -0.05) is 35.3 Å². The number of phenolic OH excluding ortho intramolecular Hbond substituents is 2. The zero-order valence-electron chi connectivity index (χ0n) is 11.1. The van der Waals surface area contributed by atoms with Crippen molar-refractivity contribution in [1.29, 1.82) is 0 Å². The Kier molecular flexibility index (Phi) is 4.60. The van der Waals surface area contributed by atoms with Crippen LogP contribution in [0.1, 0.15) is 28.9 Å². The minimum atomic E-state index is -0.512. The molecular weight excluding hydrogens is 313 g/mol. The molecule has 0 aliphatic carbocycles. The molecule has 2 aromatic rings. The summed E-state index contributed by atoms with van der Waals surface area (Å²) in [4.78, 5) is 12.1. The number of benzene rings is 2. The average molecular weight is 326 g/mol. The van der Waals surface area contributed by atoms with E-state index in [2.05, 4.69) is 5.32 Å². The van der Waals surface area contributed by atoms with E-state index in [-0.39, 0.29) is 17.4 Å². The molecule has 21 heavy (non-hydrogen) atoms. The predicted molar refractivity (Wildman–Crippen MR) is 82.1 cm³/mol. The minimum Gasteiger partial charge on any atom is -0.504 e. The first-order valence-corrected chi connectivity index (χ1v) is 6.92. The van der Waals surface area contributed by atoms with Crippen molar-refractivity contribution >= 4 is 29.1 Å². The topological polar surface area (TPSA) is 69.6 Å². The van der Waals surface area contributed by atoms with Crippen molar-refractivity contribution in [3.63, 3.8) is 0 Å². The maximum absolute atomic E-state index is 12.1. The fraction of sp³-hybridized carbons (Fsp3) is 0.133. The third kappa shape index (κ3) is 3.40. The van der Waals surface area contributed by atoms with Gasteiger partial charge in [0.1, 0.15) is 0 Å². The lowest BCUT2D eigenvalue weighted by atomic mass is 10.1. The van der Waals surface area contributed by atoms with Crippen molar-refractivity contribution in [1.82, 2.24) is 5.32 Å². The summed E-state index contributed by atoms with van der Waals surface area (Å²) in [5.74, 6) is -1.31. The molecule has 1 amide bonds. The molecule has 0 radical (unpaired) electrons. The summed E-state index contributed by atoms with van der Waals surface area (Å²) in [6.45, 7) is 1.76. The van der Waals surface area contributed by atoms with E-state index in [1.807, 2.05) is 0 Å². The maximum atomic E-state index is 12.1. The van der Waals surface area contributed by atoms with E-state index >= 15 is 0 Å². The number of nitrogens with one attached hydrogen (secondary N) is 1. The Bertz CT molecular complexity index is 689. The molecule has 1 unspecified atom stereocenters. The molecule has 0 spiro atoms. The second-order valence-corrected chi connectivity index (χ2v) is 5.38. The lowest BCUT2D eigenvalue weighted by molar-refractivity contribution is 0.0936. The zero-order chi connectivity index (χ0) is 15.6. The Morgan fingerprint density at radius 3 is 2.57 bits per heavy atom. The highest BCUT2D eigenvalue weighted by Gasteiger charge is 2.18. The molecule has 4 nitrogen and oxygen atoms in total. The Morgan fingerprint density at radius 2 is 1.90 bits per heavy atom. The minimum absolute atomic E-state index is 0.00747. The molecule has 2 rings (SSSR count). The van der Waals surface area contributed by atoms with Gasteiger partial charge in [0, 0.05) is 10.0 Å². The van der Waals surface area contributed by atoms with Gasteiger partial charge in [0.15, 0.2) is 11.5 Å². The van der Waals surface area contributed by atoms with E-state index in [1.165, 1.54) is 18.2 Å². The first-order chi connectivity index (χ1) is 9.90. The molecule has 0 bridgehead atoms. The number of halogens is 2. The second-order valence-electron chi connectivity index (χ2n) is 4.53.